The first kappa shape index (κ1) is 13.5. The second-order valence-electron chi connectivity index (χ2n) is 5.47. The smallest absolute Gasteiger partial charge is 0.312 e. The summed E-state index contributed by atoms with van der Waals surface area (Å²) in [5, 5.41) is 19.9. The molecule has 0 saturated carbocycles. The highest BCUT2D eigenvalue weighted by atomic mass is 16.5. The molecule has 4 heteroatoms. The van der Waals surface area contributed by atoms with Crippen LogP contribution in [0.5, 0.6) is 17.2 Å². The van der Waals surface area contributed by atoms with E-state index in [1.54, 1.807) is 31.2 Å². The fraction of sp³-hybridized carbons (Fsp3) is 0.235. The minimum absolute atomic E-state index is 0.133. The van der Waals surface area contributed by atoms with E-state index in [2.05, 4.69) is 0 Å². The summed E-state index contributed by atoms with van der Waals surface area (Å²) in [5.41, 5.74) is 3.08. The number of carbonyl (C=O) groups excluding carboxylic acids is 1. The predicted molar refractivity (Wildman–Crippen MR) is 77.8 cm³/mol. The van der Waals surface area contributed by atoms with Crippen molar-refractivity contribution in [3.8, 4) is 17.2 Å². The molecule has 108 valence electrons. The molecule has 0 aromatic heterocycles. The molecule has 0 aliphatic carbocycles. The van der Waals surface area contributed by atoms with Crippen molar-refractivity contribution in [3.63, 3.8) is 0 Å². The quantitative estimate of drug-likeness (QED) is 0.623. The van der Waals surface area contributed by atoms with Crippen molar-refractivity contribution in [2.24, 2.45) is 0 Å². The number of benzene rings is 2. The molecule has 2 aromatic rings. The van der Waals surface area contributed by atoms with Gasteiger partial charge in [0.15, 0.2) is 0 Å². The third-order valence-corrected chi connectivity index (χ3v) is 3.83. The molecule has 0 unspecified atom stereocenters. The van der Waals surface area contributed by atoms with Crippen LogP contribution in [0.25, 0.3) is 0 Å². The maximum atomic E-state index is 11.8. The minimum atomic E-state index is -0.316. The van der Waals surface area contributed by atoms with E-state index in [9.17, 15) is 15.0 Å². The van der Waals surface area contributed by atoms with Gasteiger partial charge in [0, 0.05) is 11.5 Å². The number of phenolic OH excluding ortho intramolecular Hbond substituents is 2. The van der Waals surface area contributed by atoms with E-state index in [1.807, 2.05) is 13.0 Å². The maximum Gasteiger partial charge on any atom is 0.312 e. The van der Waals surface area contributed by atoms with Crippen LogP contribution < -0.4 is 4.74 Å². The van der Waals surface area contributed by atoms with Crippen molar-refractivity contribution in [1.82, 2.24) is 0 Å². The Morgan fingerprint density at radius 2 is 1.86 bits per heavy atom. The second kappa shape index (κ2) is 4.81. The molecular weight excluding hydrogens is 268 g/mol. The van der Waals surface area contributed by atoms with Gasteiger partial charge in [0.05, 0.1) is 6.42 Å². The maximum absolute atomic E-state index is 11.8. The molecule has 0 radical (unpaired) electrons. The first-order chi connectivity index (χ1) is 9.95. The molecule has 2 N–H and O–H groups in total. The Kier molecular flexibility index (Phi) is 3.09. The summed E-state index contributed by atoms with van der Waals surface area (Å²) >= 11 is 0. The SMILES string of the molecule is Cc1cc(O)c2c(c1)OC(=O)C[C@@H]2c1ccc(O)c(C)c1. The van der Waals surface area contributed by atoms with Crippen LogP contribution in [-0.2, 0) is 4.79 Å². The zero-order valence-electron chi connectivity index (χ0n) is 11.9. The molecule has 1 heterocycles. The van der Waals surface area contributed by atoms with Crippen molar-refractivity contribution < 1.29 is 19.7 Å². The first-order valence-corrected chi connectivity index (χ1v) is 6.79. The van der Waals surface area contributed by atoms with Crippen molar-refractivity contribution >= 4 is 5.97 Å². The molecule has 0 spiro atoms. The predicted octanol–water partition coefficient (Wildman–Crippen LogP) is 3.16. The van der Waals surface area contributed by atoms with Gasteiger partial charge < -0.3 is 14.9 Å². The summed E-state index contributed by atoms with van der Waals surface area (Å²) in [6.07, 6.45) is 0.174. The minimum Gasteiger partial charge on any atom is -0.508 e. The highest BCUT2D eigenvalue weighted by Crippen LogP contribution is 2.44. The summed E-state index contributed by atoms with van der Waals surface area (Å²) in [4.78, 5) is 11.8. The molecule has 4 nitrogen and oxygen atoms in total. The number of hydrogen-bond donors (Lipinski definition) is 2. The van der Waals surface area contributed by atoms with Gasteiger partial charge in [-0.2, -0.15) is 0 Å². The average Bonchev–Trinajstić information content (AvgIpc) is 2.40. The zero-order valence-corrected chi connectivity index (χ0v) is 11.9. The Bertz CT molecular complexity index is 734. The average molecular weight is 284 g/mol. The normalized spacial score (nSPS) is 17.2. The number of phenols is 2. The molecule has 1 atom stereocenters. The molecule has 3 rings (SSSR count). The Morgan fingerprint density at radius 1 is 1.10 bits per heavy atom. The molecule has 0 amide bonds. The van der Waals surface area contributed by atoms with Crippen molar-refractivity contribution in [3.05, 3.63) is 52.6 Å². The molecule has 1 aliphatic heterocycles. The Morgan fingerprint density at radius 3 is 2.57 bits per heavy atom. The van der Waals surface area contributed by atoms with E-state index in [-0.39, 0.29) is 29.8 Å². The molecular formula is C17H16O4. The summed E-state index contributed by atoms with van der Waals surface area (Å²) in [5.74, 6) is 0.183. The van der Waals surface area contributed by atoms with Crippen LogP contribution in [0.2, 0.25) is 0 Å². The van der Waals surface area contributed by atoms with Gasteiger partial charge in [-0.1, -0.05) is 12.1 Å². The lowest BCUT2D eigenvalue weighted by atomic mass is 9.84. The molecule has 0 fully saturated rings. The molecule has 0 saturated heterocycles. The van der Waals surface area contributed by atoms with E-state index in [0.717, 1.165) is 16.7 Å². The summed E-state index contributed by atoms with van der Waals surface area (Å²) in [6, 6.07) is 8.64. The third-order valence-electron chi connectivity index (χ3n) is 3.83. The lowest BCUT2D eigenvalue weighted by molar-refractivity contribution is -0.135. The Hall–Kier alpha value is -2.49. The van der Waals surface area contributed by atoms with Crippen LogP contribution in [0.4, 0.5) is 0 Å². The molecule has 21 heavy (non-hydrogen) atoms. The molecule has 2 aromatic carbocycles. The van der Waals surface area contributed by atoms with E-state index >= 15 is 0 Å². The number of rotatable bonds is 1. The van der Waals surface area contributed by atoms with Crippen LogP contribution in [0, 0.1) is 13.8 Å². The van der Waals surface area contributed by atoms with Crippen molar-refractivity contribution in [2.45, 2.75) is 26.2 Å². The van der Waals surface area contributed by atoms with Crippen molar-refractivity contribution in [1.29, 1.82) is 0 Å². The summed E-state index contributed by atoms with van der Waals surface area (Å²) in [7, 11) is 0. The van der Waals surface area contributed by atoms with Crippen LogP contribution in [0.15, 0.2) is 30.3 Å². The number of hydrogen-bond acceptors (Lipinski definition) is 4. The van der Waals surface area contributed by atoms with Gasteiger partial charge >= 0.3 is 5.97 Å². The van der Waals surface area contributed by atoms with Crippen LogP contribution >= 0.6 is 0 Å². The lowest BCUT2D eigenvalue weighted by Gasteiger charge is -2.26. The fourth-order valence-electron chi connectivity index (χ4n) is 2.79. The summed E-state index contributed by atoms with van der Waals surface area (Å²) < 4.78 is 5.25. The van der Waals surface area contributed by atoms with Gasteiger partial charge in [-0.05, 0) is 48.7 Å². The first-order valence-electron chi connectivity index (χ1n) is 6.79. The van der Waals surface area contributed by atoms with E-state index < -0.39 is 0 Å². The number of aryl methyl sites for hydroxylation is 2. The Balaban J connectivity index is 2.16. The van der Waals surface area contributed by atoms with Gasteiger partial charge in [-0.15, -0.1) is 0 Å². The van der Waals surface area contributed by atoms with E-state index in [0.29, 0.717) is 11.3 Å². The topological polar surface area (TPSA) is 66.8 Å². The monoisotopic (exact) mass is 284 g/mol. The molecule has 0 bridgehead atoms. The molecule has 1 aliphatic rings. The van der Waals surface area contributed by atoms with Gasteiger partial charge in [-0.25, -0.2) is 0 Å². The van der Waals surface area contributed by atoms with Gasteiger partial charge in [0.1, 0.15) is 17.2 Å². The third kappa shape index (κ3) is 2.33. The number of carbonyl (C=O) groups is 1. The highest BCUT2D eigenvalue weighted by Gasteiger charge is 2.31. The van der Waals surface area contributed by atoms with Gasteiger partial charge in [0.25, 0.3) is 0 Å². The number of esters is 1. The standard InChI is InChI=1S/C17H16O4/c1-9-5-14(19)17-12(8-16(20)21-15(17)6-9)11-3-4-13(18)10(2)7-11/h3-7,12,18-19H,8H2,1-2H3/t12-/m1/s1. The second-order valence-corrected chi connectivity index (χ2v) is 5.47. The van der Waals surface area contributed by atoms with Gasteiger partial charge in [-0.3, -0.25) is 4.79 Å². The van der Waals surface area contributed by atoms with Crippen LogP contribution in [-0.4, -0.2) is 16.2 Å². The lowest BCUT2D eigenvalue weighted by Crippen LogP contribution is -2.21. The summed E-state index contributed by atoms with van der Waals surface area (Å²) in [6.45, 7) is 3.64. The number of fused-ring (bicyclic) bond motifs is 1. The zero-order chi connectivity index (χ0) is 15.1. The Labute approximate surface area is 122 Å². The van der Waals surface area contributed by atoms with Crippen LogP contribution in [0.3, 0.4) is 0 Å². The van der Waals surface area contributed by atoms with Crippen molar-refractivity contribution in [2.75, 3.05) is 0 Å². The number of ether oxygens (including phenoxy) is 1. The van der Waals surface area contributed by atoms with Gasteiger partial charge in [0.2, 0.25) is 0 Å². The fourth-order valence-corrected chi connectivity index (χ4v) is 2.79. The van der Waals surface area contributed by atoms with E-state index in [1.165, 1.54) is 0 Å². The number of aromatic hydroxyl groups is 2. The van der Waals surface area contributed by atoms with E-state index in [4.69, 9.17) is 4.74 Å². The largest absolute Gasteiger partial charge is 0.508 e. The highest BCUT2D eigenvalue weighted by molar-refractivity contribution is 5.79. The van der Waals surface area contributed by atoms with Crippen LogP contribution in [0.1, 0.15) is 34.6 Å².